The Morgan fingerprint density at radius 1 is 0.462 bits per heavy atom. The van der Waals surface area contributed by atoms with Crippen LogP contribution in [0.3, 0.4) is 0 Å². The molecule has 1 aliphatic rings. The van der Waals surface area contributed by atoms with Crippen molar-refractivity contribution >= 4 is 5.69 Å². The van der Waals surface area contributed by atoms with Gasteiger partial charge in [-0.1, -0.05) is 173 Å². The van der Waals surface area contributed by atoms with Crippen molar-refractivity contribution in [2.45, 2.75) is 181 Å². The first-order chi connectivity index (χ1) is 19.4. The molecule has 0 aliphatic carbocycles. The zero-order chi connectivity index (χ0) is 27.6. The van der Waals surface area contributed by atoms with Crippen LogP contribution in [0.2, 0.25) is 0 Å². The van der Waals surface area contributed by atoms with Gasteiger partial charge >= 0.3 is 0 Å². The minimum Gasteiger partial charge on any atom is -0.356 e. The lowest BCUT2D eigenvalue weighted by atomic mass is 10.0. The summed E-state index contributed by atoms with van der Waals surface area (Å²) in [4.78, 5) is 5.16. The number of benzene rings is 1. The molecule has 1 heterocycles. The number of hydrogen-bond acceptors (Lipinski definition) is 2. The van der Waals surface area contributed by atoms with E-state index in [1.54, 1.807) is 0 Å². The van der Waals surface area contributed by atoms with Gasteiger partial charge in [-0.25, -0.2) is 0 Å². The van der Waals surface area contributed by atoms with Gasteiger partial charge in [-0.15, -0.1) is 0 Å². The lowest BCUT2D eigenvalue weighted by Gasteiger charge is -2.33. The number of nitrogens with zero attached hydrogens (tertiary/aromatic N) is 2. The minimum atomic E-state index is 0.504. The van der Waals surface area contributed by atoms with Crippen molar-refractivity contribution in [1.82, 2.24) is 4.90 Å². The molecule has 2 heteroatoms. The molecule has 0 radical (unpaired) electrons. The summed E-state index contributed by atoms with van der Waals surface area (Å²) in [5, 5.41) is 0. The number of para-hydroxylation sites is 1. The van der Waals surface area contributed by atoms with Gasteiger partial charge in [0.25, 0.3) is 0 Å². The van der Waals surface area contributed by atoms with Crippen LogP contribution in [-0.4, -0.2) is 17.6 Å². The zero-order valence-electron chi connectivity index (χ0n) is 26.4. The summed E-state index contributed by atoms with van der Waals surface area (Å²) in [5.41, 5.74) is 1.34. The Morgan fingerprint density at radius 3 is 1.33 bits per heavy atom. The van der Waals surface area contributed by atoms with Crippen LogP contribution in [0.1, 0.15) is 174 Å². The summed E-state index contributed by atoms with van der Waals surface area (Å²) in [6, 6.07) is 11.0. The van der Waals surface area contributed by atoms with Crippen LogP contribution in [0.25, 0.3) is 0 Å². The van der Waals surface area contributed by atoms with Crippen molar-refractivity contribution < 1.29 is 0 Å². The van der Waals surface area contributed by atoms with Gasteiger partial charge in [0.1, 0.15) is 6.17 Å². The fourth-order valence-electron chi connectivity index (χ4n) is 6.21. The Morgan fingerprint density at radius 2 is 0.872 bits per heavy atom. The van der Waals surface area contributed by atoms with Crippen LogP contribution in [0.5, 0.6) is 0 Å². The molecule has 0 amide bonds. The van der Waals surface area contributed by atoms with Crippen molar-refractivity contribution in [2.24, 2.45) is 0 Å². The molecular weight excluding hydrogens is 472 g/mol. The monoisotopic (exact) mass is 539 g/mol. The SMILES string of the molecule is CCCCCCCCCCCCCCCCCCN1C=CN(c2ccccc2)C1CCCCCCCCCC. The Bertz CT molecular complexity index is 669. The standard InChI is InChI=1S/C37H66N2/c1-3-5-7-9-11-13-14-15-16-17-18-19-20-22-24-29-33-38-34-35-39(36-30-26-25-27-31-36)37(38)32-28-23-21-12-10-8-6-4-2/h25-27,30-31,34-35,37H,3-24,28-29,32-33H2,1-2H3. The maximum Gasteiger partial charge on any atom is 0.105 e. The number of unbranched alkanes of at least 4 members (excludes halogenated alkanes) is 22. The van der Waals surface area contributed by atoms with Crippen LogP contribution in [0.4, 0.5) is 5.69 Å². The molecule has 2 rings (SSSR count). The molecule has 1 aliphatic heterocycles. The Hall–Kier alpha value is -1.44. The average molecular weight is 539 g/mol. The van der Waals surface area contributed by atoms with Gasteiger partial charge in [-0.05, 0) is 31.4 Å². The third-order valence-corrected chi connectivity index (χ3v) is 8.76. The summed E-state index contributed by atoms with van der Waals surface area (Å²) in [6.07, 6.45) is 40.7. The predicted octanol–water partition coefficient (Wildman–Crippen LogP) is 12.4. The lowest BCUT2D eigenvalue weighted by Crippen LogP contribution is -2.39. The molecule has 1 unspecified atom stereocenters. The molecule has 0 bridgehead atoms. The number of hydrogen-bond donors (Lipinski definition) is 0. The maximum atomic E-state index is 2.64. The van der Waals surface area contributed by atoms with Crippen LogP contribution >= 0.6 is 0 Å². The Labute approximate surface area is 245 Å². The van der Waals surface area contributed by atoms with E-state index in [0.29, 0.717) is 6.17 Å². The molecule has 2 nitrogen and oxygen atoms in total. The van der Waals surface area contributed by atoms with E-state index in [1.807, 2.05) is 0 Å². The molecule has 0 saturated heterocycles. The van der Waals surface area contributed by atoms with Crippen LogP contribution in [0, 0.1) is 0 Å². The predicted molar refractivity (Wildman–Crippen MR) is 175 cm³/mol. The largest absolute Gasteiger partial charge is 0.356 e. The number of rotatable bonds is 27. The van der Waals surface area contributed by atoms with Gasteiger partial charge in [0.05, 0.1) is 0 Å². The van der Waals surface area contributed by atoms with Gasteiger partial charge in [0.2, 0.25) is 0 Å². The minimum absolute atomic E-state index is 0.504. The highest BCUT2D eigenvalue weighted by molar-refractivity contribution is 5.51. The molecule has 0 spiro atoms. The Balaban J connectivity index is 1.52. The highest BCUT2D eigenvalue weighted by Crippen LogP contribution is 2.28. The molecule has 0 fully saturated rings. The fraction of sp³-hybridized carbons (Fsp3) is 0.784. The summed E-state index contributed by atoms with van der Waals surface area (Å²) >= 11 is 0. The van der Waals surface area contributed by atoms with E-state index >= 15 is 0 Å². The first-order valence-electron chi connectivity index (χ1n) is 17.6. The molecular formula is C37H66N2. The zero-order valence-corrected chi connectivity index (χ0v) is 26.4. The van der Waals surface area contributed by atoms with Crippen molar-refractivity contribution in [1.29, 1.82) is 0 Å². The number of anilines is 1. The molecule has 39 heavy (non-hydrogen) atoms. The molecule has 1 aromatic carbocycles. The third kappa shape index (κ3) is 16.4. The van der Waals surface area contributed by atoms with Gasteiger partial charge in [-0.3, -0.25) is 0 Å². The van der Waals surface area contributed by atoms with E-state index in [2.05, 4.69) is 66.4 Å². The van der Waals surface area contributed by atoms with Gasteiger partial charge < -0.3 is 9.80 Å². The van der Waals surface area contributed by atoms with Crippen molar-refractivity contribution in [3.63, 3.8) is 0 Å². The van der Waals surface area contributed by atoms with Gasteiger partial charge in [0.15, 0.2) is 0 Å². The first kappa shape index (κ1) is 33.8. The second-order valence-corrected chi connectivity index (χ2v) is 12.3. The van der Waals surface area contributed by atoms with E-state index in [-0.39, 0.29) is 0 Å². The van der Waals surface area contributed by atoms with Crippen molar-refractivity contribution in [3.05, 3.63) is 42.7 Å². The van der Waals surface area contributed by atoms with E-state index in [9.17, 15) is 0 Å². The molecule has 0 aromatic heterocycles. The molecule has 224 valence electrons. The molecule has 0 saturated carbocycles. The molecule has 1 atom stereocenters. The molecule has 0 N–H and O–H groups in total. The van der Waals surface area contributed by atoms with E-state index in [4.69, 9.17) is 0 Å². The maximum absolute atomic E-state index is 2.64. The average Bonchev–Trinajstić information content (AvgIpc) is 3.37. The van der Waals surface area contributed by atoms with Gasteiger partial charge in [-0.2, -0.15) is 0 Å². The summed E-state index contributed by atoms with van der Waals surface area (Å²) < 4.78 is 0. The topological polar surface area (TPSA) is 6.48 Å². The summed E-state index contributed by atoms with van der Waals surface area (Å²) in [7, 11) is 0. The van der Waals surface area contributed by atoms with E-state index in [1.165, 1.54) is 173 Å². The summed E-state index contributed by atoms with van der Waals surface area (Å²) in [6.45, 7) is 5.82. The first-order valence-corrected chi connectivity index (χ1v) is 17.6. The van der Waals surface area contributed by atoms with Crippen LogP contribution < -0.4 is 4.90 Å². The highest BCUT2D eigenvalue weighted by Gasteiger charge is 2.26. The quantitative estimate of drug-likeness (QED) is 0.103. The van der Waals surface area contributed by atoms with Crippen LogP contribution in [0.15, 0.2) is 42.7 Å². The normalized spacial score (nSPS) is 15.1. The fourth-order valence-corrected chi connectivity index (χ4v) is 6.21. The Kier molecular flexibility index (Phi) is 21.1. The smallest absolute Gasteiger partial charge is 0.105 e. The molecule has 1 aromatic rings. The van der Waals surface area contributed by atoms with Crippen molar-refractivity contribution in [3.8, 4) is 0 Å². The van der Waals surface area contributed by atoms with E-state index in [0.717, 1.165) is 0 Å². The van der Waals surface area contributed by atoms with E-state index < -0.39 is 0 Å². The van der Waals surface area contributed by atoms with Crippen molar-refractivity contribution in [2.75, 3.05) is 11.4 Å². The lowest BCUT2D eigenvalue weighted by molar-refractivity contribution is 0.273. The second kappa shape index (κ2) is 24.4. The highest BCUT2D eigenvalue weighted by atomic mass is 15.4. The van der Waals surface area contributed by atoms with Crippen LogP contribution in [-0.2, 0) is 0 Å². The van der Waals surface area contributed by atoms with Gasteiger partial charge in [0, 0.05) is 24.6 Å². The summed E-state index contributed by atoms with van der Waals surface area (Å²) in [5.74, 6) is 0. The third-order valence-electron chi connectivity index (χ3n) is 8.76. The second-order valence-electron chi connectivity index (χ2n) is 12.3.